The highest BCUT2D eigenvalue weighted by atomic mass is 16.7. The standard InChI is InChI=1S/C20H19N3O2/c24-20(23-25-15-16-7-3-1-4-8-16)22-19(17-9-5-2-6-10-17)18-11-13-21-14-12-18/h1-14,19H,15H2,(H2,22,23,24)/t19-/m0/s1. The molecule has 0 bridgehead atoms. The summed E-state index contributed by atoms with van der Waals surface area (Å²) in [6, 6.07) is 22.5. The van der Waals surface area contributed by atoms with E-state index in [0.29, 0.717) is 6.61 Å². The van der Waals surface area contributed by atoms with Crippen molar-refractivity contribution in [2.75, 3.05) is 0 Å². The third kappa shape index (κ3) is 4.89. The maximum atomic E-state index is 12.2. The number of nitrogens with zero attached hydrogens (tertiary/aromatic N) is 1. The van der Waals surface area contributed by atoms with E-state index >= 15 is 0 Å². The number of carbonyl (C=O) groups excluding carboxylic acids is 1. The Labute approximate surface area is 146 Å². The fourth-order valence-corrected chi connectivity index (χ4v) is 2.48. The van der Waals surface area contributed by atoms with E-state index in [1.807, 2.05) is 72.8 Å². The van der Waals surface area contributed by atoms with Crippen LogP contribution in [0, 0.1) is 0 Å². The third-order valence-corrected chi connectivity index (χ3v) is 3.69. The van der Waals surface area contributed by atoms with Gasteiger partial charge in [0.05, 0.1) is 12.6 Å². The van der Waals surface area contributed by atoms with Crippen molar-refractivity contribution in [2.45, 2.75) is 12.6 Å². The summed E-state index contributed by atoms with van der Waals surface area (Å²) in [5, 5.41) is 2.93. The molecule has 0 aliphatic heterocycles. The van der Waals surface area contributed by atoms with Gasteiger partial charge in [0, 0.05) is 12.4 Å². The fourth-order valence-electron chi connectivity index (χ4n) is 2.48. The molecule has 25 heavy (non-hydrogen) atoms. The Balaban J connectivity index is 1.63. The molecule has 1 atom stereocenters. The molecule has 1 aromatic heterocycles. The molecule has 2 N–H and O–H groups in total. The number of benzene rings is 2. The van der Waals surface area contributed by atoms with Crippen molar-refractivity contribution in [2.24, 2.45) is 0 Å². The van der Waals surface area contributed by atoms with Gasteiger partial charge in [0.2, 0.25) is 0 Å². The van der Waals surface area contributed by atoms with Crippen molar-refractivity contribution in [3.8, 4) is 0 Å². The summed E-state index contributed by atoms with van der Waals surface area (Å²) in [4.78, 5) is 21.5. The largest absolute Gasteiger partial charge is 0.339 e. The summed E-state index contributed by atoms with van der Waals surface area (Å²) in [6.07, 6.45) is 3.41. The summed E-state index contributed by atoms with van der Waals surface area (Å²) in [5.41, 5.74) is 5.34. The second-order valence-electron chi connectivity index (χ2n) is 5.47. The second kappa shape index (κ2) is 8.61. The van der Waals surface area contributed by atoms with Crippen LogP contribution in [0.15, 0.2) is 85.2 Å². The van der Waals surface area contributed by atoms with Gasteiger partial charge in [-0.05, 0) is 28.8 Å². The molecule has 2 amide bonds. The van der Waals surface area contributed by atoms with Gasteiger partial charge in [0.1, 0.15) is 0 Å². The zero-order chi connectivity index (χ0) is 17.3. The van der Waals surface area contributed by atoms with E-state index in [9.17, 15) is 4.79 Å². The molecule has 0 spiro atoms. The van der Waals surface area contributed by atoms with Crippen LogP contribution in [0.1, 0.15) is 22.7 Å². The number of pyridine rings is 1. The van der Waals surface area contributed by atoms with Crippen molar-refractivity contribution < 1.29 is 9.63 Å². The fraction of sp³-hybridized carbons (Fsp3) is 0.100. The van der Waals surface area contributed by atoms with Crippen LogP contribution in [0.25, 0.3) is 0 Å². The maximum Gasteiger partial charge on any atom is 0.339 e. The van der Waals surface area contributed by atoms with Crippen molar-refractivity contribution in [3.05, 3.63) is 102 Å². The topological polar surface area (TPSA) is 63.2 Å². The Morgan fingerprint density at radius 3 is 2.16 bits per heavy atom. The van der Waals surface area contributed by atoms with Crippen LogP contribution in [0.5, 0.6) is 0 Å². The molecule has 3 rings (SSSR count). The van der Waals surface area contributed by atoms with Crippen LogP contribution >= 0.6 is 0 Å². The molecule has 126 valence electrons. The van der Waals surface area contributed by atoms with Crippen LogP contribution in [-0.4, -0.2) is 11.0 Å². The van der Waals surface area contributed by atoms with Gasteiger partial charge in [-0.1, -0.05) is 60.7 Å². The molecule has 5 heteroatoms. The molecular formula is C20H19N3O2. The number of carbonyl (C=O) groups is 1. The van der Waals surface area contributed by atoms with E-state index in [4.69, 9.17) is 4.84 Å². The SMILES string of the molecule is O=C(NOCc1ccccc1)N[C@@H](c1ccccc1)c1ccncc1. The van der Waals surface area contributed by atoms with Crippen LogP contribution in [0.4, 0.5) is 4.79 Å². The number of hydroxylamine groups is 1. The Kier molecular flexibility index (Phi) is 5.74. The first-order valence-corrected chi connectivity index (χ1v) is 8.00. The van der Waals surface area contributed by atoms with Crippen LogP contribution in [-0.2, 0) is 11.4 Å². The quantitative estimate of drug-likeness (QED) is 0.678. The van der Waals surface area contributed by atoms with Gasteiger partial charge in [-0.2, -0.15) is 0 Å². The molecule has 0 radical (unpaired) electrons. The van der Waals surface area contributed by atoms with E-state index in [1.165, 1.54) is 0 Å². The van der Waals surface area contributed by atoms with E-state index < -0.39 is 6.03 Å². The van der Waals surface area contributed by atoms with Crippen LogP contribution in [0.3, 0.4) is 0 Å². The lowest BCUT2D eigenvalue weighted by Gasteiger charge is -2.20. The van der Waals surface area contributed by atoms with Crippen molar-refractivity contribution >= 4 is 6.03 Å². The number of hydrogen-bond acceptors (Lipinski definition) is 3. The first kappa shape index (κ1) is 16.7. The average Bonchev–Trinajstić information content (AvgIpc) is 2.68. The number of rotatable bonds is 6. The number of amides is 2. The van der Waals surface area contributed by atoms with Gasteiger partial charge in [-0.15, -0.1) is 0 Å². The highest BCUT2D eigenvalue weighted by Gasteiger charge is 2.16. The van der Waals surface area contributed by atoms with E-state index in [2.05, 4.69) is 15.8 Å². The number of nitrogens with one attached hydrogen (secondary N) is 2. The zero-order valence-corrected chi connectivity index (χ0v) is 13.6. The lowest BCUT2D eigenvalue weighted by atomic mass is 10.00. The minimum atomic E-state index is -0.401. The van der Waals surface area contributed by atoms with Gasteiger partial charge in [-0.3, -0.25) is 9.82 Å². The van der Waals surface area contributed by atoms with Gasteiger partial charge in [0.25, 0.3) is 0 Å². The normalized spacial score (nSPS) is 11.5. The van der Waals surface area contributed by atoms with Crippen molar-refractivity contribution in [3.63, 3.8) is 0 Å². The molecular weight excluding hydrogens is 314 g/mol. The molecule has 0 aliphatic rings. The smallest absolute Gasteiger partial charge is 0.325 e. The minimum absolute atomic E-state index is 0.287. The summed E-state index contributed by atoms with van der Waals surface area (Å²) >= 11 is 0. The molecule has 0 aliphatic carbocycles. The Hall–Kier alpha value is -3.18. The summed E-state index contributed by atoms with van der Waals surface area (Å²) < 4.78 is 0. The Morgan fingerprint density at radius 2 is 1.48 bits per heavy atom. The predicted molar refractivity (Wildman–Crippen MR) is 95.4 cm³/mol. The van der Waals surface area contributed by atoms with Crippen LogP contribution in [0.2, 0.25) is 0 Å². The summed E-state index contributed by atoms with van der Waals surface area (Å²) in [5.74, 6) is 0. The summed E-state index contributed by atoms with van der Waals surface area (Å²) in [7, 11) is 0. The van der Waals surface area contributed by atoms with Gasteiger partial charge in [0.15, 0.2) is 0 Å². The molecule has 2 aromatic carbocycles. The van der Waals surface area contributed by atoms with E-state index in [0.717, 1.165) is 16.7 Å². The zero-order valence-electron chi connectivity index (χ0n) is 13.6. The molecule has 1 heterocycles. The summed E-state index contributed by atoms with van der Waals surface area (Å²) in [6.45, 7) is 0.305. The van der Waals surface area contributed by atoms with E-state index in [-0.39, 0.29) is 6.04 Å². The highest BCUT2D eigenvalue weighted by Crippen LogP contribution is 2.21. The monoisotopic (exact) mass is 333 g/mol. The molecule has 0 unspecified atom stereocenters. The van der Waals surface area contributed by atoms with Gasteiger partial charge in [-0.25, -0.2) is 10.3 Å². The predicted octanol–water partition coefficient (Wildman–Crippen LogP) is 3.60. The first-order chi connectivity index (χ1) is 12.3. The van der Waals surface area contributed by atoms with Crippen LogP contribution < -0.4 is 10.8 Å². The molecule has 0 saturated carbocycles. The average molecular weight is 333 g/mol. The minimum Gasteiger partial charge on any atom is -0.325 e. The number of urea groups is 1. The molecule has 3 aromatic rings. The van der Waals surface area contributed by atoms with Crippen molar-refractivity contribution in [1.29, 1.82) is 0 Å². The first-order valence-electron chi connectivity index (χ1n) is 8.00. The lowest BCUT2D eigenvalue weighted by Crippen LogP contribution is -2.38. The van der Waals surface area contributed by atoms with Crippen molar-refractivity contribution in [1.82, 2.24) is 15.8 Å². The number of hydrogen-bond donors (Lipinski definition) is 2. The maximum absolute atomic E-state index is 12.2. The Bertz CT molecular complexity index is 740. The molecule has 0 saturated heterocycles. The second-order valence-corrected chi connectivity index (χ2v) is 5.47. The van der Waals surface area contributed by atoms with Gasteiger partial charge >= 0.3 is 6.03 Å². The lowest BCUT2D eigenvalue weighted by molar-refractivity contribution is 0.0485. The third-order valence-electron chi connectivity index (χ3n) is 3.69. The number of aromatic nitrogens is 1. The molecule has 5 nitrogen and oxygen atoms in total. The Morgan fingerprint density at radius 1 is 0.880 bits per heavy atom. The molecule has 0 fully saturated rings. The van der Waals surface area contributed by atoms with Gasteiger partial charge < -0.3 is 5.32 Å². The van der Waals surface area contributed by atoms with E-state index in [1.54, 1.807) is 12.4 Å². The highest BCUT2D eigenvalue weighted by molar-refractivity contribution is 5.73.